The Bertz CT molecular complexity index is 784. The molecule has 28 heavy (non-hydrogen) atoms. The van der Waals surface area contributed by atoms with Gasteiger partial charge in [-0.05, 0) is 42.0 Å². The fourth-order valence-electron chi connectivity index (χ4n) is 2.66. The van der Waals surface area contributed by atoms with Crippen molar-refractivity contribution >= 4 is 28.5 Å². The molecule has 0 radical (unpaired) electrons. The molecule has 4 nitrogen and oxygen atoms in total. The van der Waals surface area contributed by atoms with E-state index in [1.165, 1.54) is 6.07 Å². The first-order valence-corrected chi connectivity index (χ1v) is 12.2. The smallest absolute Gasteiger partial charge is 0.191 e. The monoisotopic (exact) mass is 421 g/mol. The lowest BCUT2D eigenvalue weighted by Crippen LogP contribution is -2.39. The minimum absolute atomic E-state index is 0.220. The van der Waals surface area contributed by atoms with Crippen molar-refractivity contribution in [3.8, 4) is 0 Å². The van der Waals surface area contributed by atoms with Crippen LogP contribution in [0.4, 0.5) is 4.39 Å². The molecule has 2 aromatic carbocycles. The summed E-state index contributed by atoms with van der Waals surface area (Å²) in [4.78, 5) is 4.60. The molecular weight excluding hydrogens is 393 g/mol. The van der Waals surface area contributed by atoms with Gasteiger partial charge in [0.1, 0.15) is 5.82 Å². The summed E-state index contributed by atoms with van der Waals surface area (Å²) >= 11 is 1.66. The molecule has 0 aliphatic carbocycles. The van der Waals surface area contributed by atoms with Crippen LogP contribution in [-0.4, -0.2) is 35.3 Å². The highest BCUT2D eigenvalue weighted by Gasteiger charge is 2.06. The maximum absolute atomic E-state index is 13.5. The summed E-state index contributed by atoms with van der Waals surface area (Å²) < 4.78 is 25.7. The van der Waals surface area contributed by atoms with Gasteiger partial charge in [0.25, 0.3) is 0 Å². The first-order chi connectivity index (χ1) is 13.6. The molecule has 0 spiro atoms. The zero-order valence-electron chi connectivity index (χ0n) is 16.4. The third-order valence-corrected chi connectivity index (χ3v) is 5.93. The minimum atomic E-state index is -0.930. The Morgan fingerprint density at radius 3 is 2.64 bits per heavy atom. The molecule has 1 atom stereocenters. The minimum Gasteiger partial charge on any atom is -0.357 e. The molecule has 1 unspecified atom stereocenters. The van der Waals surface area contributed by atoms with Crippen LogP contribution in [0.2, 0.25) is 0 Å². The number of nitrogens with zero attached hydrogens (tertiary/aromatic N) is 1. The zero-order valence-corrected chi connectivity index (χ0v) is 18.0. The topological polar surface area (TPSA) is 53.5 Å². The Balaban J connectivity index is 1.89. The van der Waals surface area contributed by atoms with Crippen molar-refractivity contribution in [1.82, 2.24) is 10.6 Å². The van der Waals surface area contributed by atoms with Gasteiger partial charge in [-0.3, -0.25) is 4.21 Å². The molecule has 2 rings (SSSR count). The summed E-state index contributed by atoms with van der Waals surface area (Å²) in [6.07, 6.45) is 2.00. The van der Waals surface area contributed by atoms with E-state index < -0.39 is 10.8 Å². The van der Waals surface area contributed by atoms with Crippen LogP contribution in [0.25, 0.3) is 0 Å². The molecular formula is C21H28FN3OS2. The van der Waals surface area contributed by atoms with Crippen molar-refractivity contribution in [2.75, 3.05) is 25.1 Å². The van der Waals surface area contributed by atoms with E-state index in [1.807, 2.05) is 43.5 Å². The highest BCUT2D eigenvalue weighted by molar-refractivity contribution is 7.97. The maximum atomic E-state index is 13.5. The van der Waals surface area contributed by atoms with Gasteiger partial charge >= 0.3 is 0 Å². The van der Waals surface area contributed by atoms with Crippen molar-refractivity contribution < 1.29 is 8.60 Å². The van der Waals surface area contributed by atoms with Gasteiger partial charge in [-0.25, -0.2) is 9.38 Å². The molecule has 0 saturated heterocycles. The Hall–Kier alpha value is -1.86. The summed E-state index contributed by atoms with van der Waals surface area (Å²) in [7, 11) is -0.930. The second kappa shape index (κ2) is 12.6. The van der Waals surface area contributed by atoms with Crippen LogP contribution >= 0.6 is 11.8 Å². The molecule has 0 aliphatic rings. The van der Waals surface area contributed by atoms with Crippen LogP contribution in [0.5, 0.6) is 0 Å². The standard InChI is InChI=1S/C21H28FN3OS2/c1-3-23-21(24-11-12-28(26)16-17-7-5-4-6-8-17)25-14-18-9-10-20(22)13-19(18)15-27-2/h4-10,13H,3,11-12,14-16H2,1-2H3,(H2,23,24,25). The number of hydrogen-bond donors (Lipinski definition) is 2. The Labute approximate surface area is 173 Å². The maximum Gasteiger partial charge on any atom is 0.191 e. The number of halogens is 1. The first-order valence-electron chi connectivity index (χ1n) is 9.29. The van der Waals surface area contributed by atoms with Gasteiger partial charge in [0, 0.05) is 41.1 Å². The summed E-state index contributed by atoms with van der Waals surface area (Å²) in [6.45, 7) is 3.78. The molecule has 0 aromatic heterocycles. The third kappa shape index (κ3) is 8.02. The normalized spacial score (nSPS) is 12.6. The number of rotatable bonds is 10. The number of hydrogen-bond acceptors (Lipinski definition) is 3. The SMILES string of the molecule is CCNC(=NCc1ccc(F)cc1CSC)NCCS(=O)Cc1ccccc1. The highest BCUT2D eigenvalue weighted by atomic mass is 32.2. The van der Waals surface area contributed by atoms with Gasteiger partial charge in [0.15, 0.2) is 5.96 Å². The van der Waals surface area contributed by atoms with E-state index in [1.54, 1.807) is 23.9 Å². The summed E-state index contributed by atoms with van der Waals surface area (Å²) in [5.74, 6) is 2.32. The van der Waals surface area contributed by atoms with Crippen molar-refractivity contribution in [2.24, 2.45) is 4.99 Å². The fourth-order valence-corrected chi connectivity index (χ4v) is 4.28. The van der Waals surface area contributed by atoms with E-state index in [0.717, 1.165) is 29.0 Å². The number of guanidine groups is 1. The number of thioether (sulfide) groups is 1. The highest BCUT2D eigenvalue weighted by Crippen LogP contribution is 2.17. The van der Waals surface area contributed by atoms with Crippen LogP contribution in [-0.2, 0) is 28.9 Å². The molecule has 7 heteroatoms. The fraction of sp³-hybridized carbons (Fsp3) is 0.381. The Morgan fingerprint density at radius 2 is 1.93 bits per heavy atom. The van der Waals surface area contributed by atoms with Crippen LogP contribution in [0.15, 0.2) is 53.5 Å². The van der Waals surface area contributed by atoms with Crippen molar-refractivity contribution in [3.05, 3.63) is 71.0 Å². The molecule has 2 N–H and O–H groups in total. The summed E-state index contributed by atoms with van der Waals surface area (Å²) in [6, 6.07) is 14.7. The van der Waals surface area contributed by atoms with Crippen LogP contribution < -0.4 is 10.6 Å². The van der Waals surface area contributed by atoms with Gasteiger partial charge in [0.2, 0.25) is 0 Å². The summed E-state index contributed by atoms with van der Waals surface area (Å²) in [5, 5.41) is 6.44. The zero-order chi connectivity index (χ0) is 20.2. The predicted octanol–water partition coefficient (Wildman–Crippen LogP) is 3.69. The van der Waals surface area contributed by atoms with Crippen molar-refractivity contribution in [3.63, 3.8) is 0 Å². The van der Waals surface area contributed by atoms with E-state index in [0.29, 0.717) is 30.6 Å². The van der Waals surface area contributed by atoms with Crippen molar-refractivity contribution in [1.29, 1.82) is 0 Å². The van der Waals surface area contributed by atoms with E-state index in [2.05, 4.69) is 15.6 Å². The van der Waals surface area contributed by atoms with Crippen LogP contribution in [0, 0.1) is 5.82 Å². The molecule has 0 saturated carbocycles. The van der Waals surface area contributed by atoms with Gasteiger partial charge in [-0.15, -0.1) is 0 Å². The van der Waals surface area contributed by atoms with Gasteiger partial charge in [-0.1, -0.05) is 36.4 Å². The largest absolute Gasteiger partial charge is 0.357 e. The quantitative estimate of drug-likeness (QED) is 0.454. The van der Waals surface area contributed by atoms with E-state index >= 15 is 0 Å². The van der Waals surface area contributed by atoms with Gasteiger partial charge in [0.05, 0.1) is 6.54 Å². The molecule has 0 bridgehead atoms. The first kappa shape index (κ1) is 22.4. The Morgan fingerprint density at radius 1 is 1.14 bits per heavy atom. The molecule has 0 aliphatic heterocycles. The number of aliphatic imine (C=N–C) groups is 1. The lowest BCUT2D eigenvalue weighted by molar-refractivity contribution is 0.625. The molecule has 2 aromatic rings. The number of benzene rings is 2. The van der Waals surface area contributed by atoms with Gasteiger partial charge in [-0.2, -0.15) is 11.8 Å². The van der Waals surface area contributed by atoms with Gasteiger partial charge < -0.3 is 10.6 Å². The van der Waals surface area contributed by atoms with Crippen LogP contribution in [0.3, 0.4) is 0 Å². The van der Waals surface area contributed by atoms with E-state index in [4.69, 9.17) is 0 Å². The number of nitrogens with one attached hydrogen (secondary N) is 2. The van der Waals surface area contributed by atoms with Crippen LogP contribution in [0.1, 0.15) is 23.6 Å². The molecule has 152 valence electrons. The molecule has 0 amide bonds. The lowest BCUT2D eigenvalue weighted by Gasteiger charge is -2.12. The average Bonchev–Trinajstić information content (AvgIpc) is 2.68. The molecule has 0 fully saturated rings. The Kier molecular flexibility index (Phi) is 10.1. The lowest BCUT2D eigenvalue weighted by atomic mass is 10.1. The van der Waals surface area contributed by atoms with E-state index in [-0.39, 0.29) is 5.82 Å². The second-order valence-corrected chi connectivity index (χ2v) is 8.68. The predicted molar refractivity (Wildman–Crippen MR) is 120 cm³/mol. The third-order valence-electron chi connectivity index (χ3n) is 4.01. The second-order valence-electron chi connectivity index (χ2n) is 6.24. The van der Waals surface area contributed by atoms with E-state index in [9.17, 15) is 8.60 Å². The molecule has 0 heterocycles. The average molecular weight is 422 g/mol. The van der Waals surface area contributed by atoms with Crippen molar-refractivity contribution in [2.45, 2.75) is 25.0 Å². The summed E-state index contributed by atoms with van der Waals surface area (Å²) in [5.41, 5.74) is 3.07.